The lowest BCUT2D eigenvalue weighted by molar-refractivity contribution is 0.578. The lowest BCUT2D eigenvalue weighted by atomic mass is 9.91. The highest BCUT2D eigenvalue weighted by molar-refractivity contribution is 5.70. The van der Waals surface area contributed by atoms with Gasteiger partial charge in [0.2, 0.25) is 0 Å². The van der Waals surface area contributed by atoms with Crippen LogP contribution in [0.15, 0.2) is 72.8 Å². The van der Waals surface area contributed by atoms with Crippen molar-refractivity contribution >= 4 is 0 Å². The van der Waals surface area contributed by atoms with Crippen molar-refractivity contribution in [1.29, 1.82) is 0 Å². The van der Waals surface area contributed by atoms with Crippen molar-refractivity contribution in [3.05, 3.63) is 118 Å². The van der Waals surface area contributed by atoms with E-state index in [0.29, 0.717) is 0 Å². The molecule has 0 heterocycles. The third-order valence-corrected chi connectivity index (χ3v) is 8.50. The smallest absolute Gasteiger partial charge is 0.123 e. The van der Waals surface area contributed by atoms with Gasteiger partial charge in [0, 0.05) is 0 Å². The molecule has 0 saturated carbocycles. The van der Waals surface area contributed by atoms with Crippen molar-refractivity contribution < 1.29 is 8.78 Å². The Bertz CT molecular complexity index is 1260. The predicted octanol–water partition coefficient (Wildman–Crippen LogP) is 11.0. The summed E-state index contributed by atoms with van der Waals surface area (Å²) in [5, 5.41) is 0. The molecule has 0 N–H and O–H groups in total. The number of benzene rings is 4. The summed E-state index contributed by atoms with van der Waals surface area (Å²) >= 11 is 0. The summed E-state index contributed by atoms with van der Waals surface area (Å²) in [5.74, 6) is -0.381. The first-order chi connectivity index (χ1) is 18.8. The molecule has 0 aliphatic heterocycles. The molecule has 0 bridgehead atoms. The second-order valence-electron chi connectivity index (χ2n) is 11.0. The molecule has 4 rings (SSSR count). The second kappa shape index (κ2) is 13.7. The van der Waals surface area contributed by atoms with Crippen LogP contribution in [0.3, 0.4) is 0 Å². The number of rotatable bonds is 12. The molecule has 2 heteroatoms. The summed E-state index contributed by atoms with van der Waals surface area (Å²) in [6.07, 6.45) is 11.2. The van der Waals surface area contributed by atoms with E-state index in [-0.39, 0.29) is 11.6 Å². The third kappa shape index (κ3) is 7.44. The van der Waals surface area contributed by atoms with Crippen molar-refractivity contribution in [3.8, 4) is 22.3 Å². The van der Waals surface area contributed by atoms with Crippen LogP contribution >= 0.6 is 0 Å². The minimum atomic E-state index is -0.191. The maximum absolute atomic E-state index is 13.3. The maximum atomic E-state index is 13.3. The van der Waals surface area contributed by atoms with Crippen LogP contribution in [0.5, 0.6) is 0 Å². The van der Waals surface area contributed by atoms with E-state index in [0.717, 1.165) is 24.0 Å². The summed E-state index contributed by atoms with van der Waals surface area (Å²) in [4.78, 5) is 0. The molecule has 0 spiro atoms. The normalized spacial score (nSPS) is 11.2. The Morgan fingerprint density at radius 1 is 0.385 bits per heavy atom. The standard InChI is InChI=1S/C37H42F2/c1-26-28(3)36(32-14-20-34(38)21-15-32)24-18-30(26)12-10-8-6-5-7-9-11-13-31-19-25-37(29(4)27(31)2)33-16-22-35(39)23-17-33/h14-25H,5-13H2,1-4H3. The first kappa shape index (κ1) is 28.7. The van der Waals surface area contributed by atoms with E-state index in [1.807, 2.05) is 24.3 Å². The summed E-state index contributed by atoms with van der Waals surface area (Å²) in [5.41, 5.74) is 12.8. The van der Waals surface area contributed by atoms with E-state index in [9.17, 15) is 8.78 Å². The topological polar surface area (TPSA) is 0 Å². The second-order valence-corrected chi connectivity index (χ2v) is 11.0. The van der Waals surface area contributed by atoms with Crippen molar-refractivity contribution in [2.75, 3.05) is 0 Å². The number of hydrogen-bond acceptors (Lipinski definition) is 0. The van der Waals surface area contributed by atoms with E-state index in [1.165, 1.54) is 114 Å². The summed E-state index contributed by atoms with van der Waals surface area (Å²) in [6, 6.07) is 22.5. The Kier molecular flexibility index (Phi) is 10.1. The highest BCUT2D eigenvalue weighted by atomic mass is 19.1. The van der Waals surface area contributed by atoms with Crippen molar-refractivity contribution in [2.24, 2.45) is 0 Å². The molecule has 0 unspecified atom stereocenters. The zero-order valence-corrected chi connectivity index (χ0v) is 24.0. The van der Waals surface area contributed by atoms with Gasteiger partial charge in [0.25, 0.3) is 0 Å². The fourth-order valence-corrected chi connectivity index (χ4v) is 5.69. The Morgan fingerprint density at radius 2 is 0.718 bits per heavy atom. The first-order valence-corrected chi connectivity index (χ1v) is 14.5. The van der Waals surface area contributed by atoms with Gasteiger partial charge in [-0.25, -0.2) is 8.78 Å². The fourth-order valence-electron chi connectivity index (χ4n) is 5.69. The van der Waals surface area contributed by atoms with Crippen molar-refractivity contribution in [2.45, 2.75) is 85.5 Å². The SMILES string of the molecule is Cc1c(CCCCCCCCCc2ccc(-c3ccc(F)cc3)c(C)c2C)ccc(-c2ccc(F)cc2)c1C. The molecule has 0 aliphatic rings. The van der Waals surface area contributed by atoms with Crippen LogP contribution in [0.1, 0.15) is 78.3 Å². The van der Waals surface area contributed by atoms with E-state index >= 15 is 0 Å². The number of unbranched alkanes of at least 4 members (excludes halogenated alkanes) is 6. The predicted molar refractivity (Wildman–Crippen MR) is 162 cm³/mol. The van der Waals surface area contributed by atoms with E-state index < -0.39 is 0 Å². The summed E-state index contributed by atoms with van der Waals surface area (Å²) in [7, 11) is 0. The van der Waals surface area contributed by atoms with Gasteiger partial charge >= 0.3 is 0 Å². The summed E-state index contributed by atoms with van der Waals surface area (Å²) < 4.78 is 26.6. The van der Waals surface area contributed by atoms with Crippen LogP contribution in [-0.4, -0.2) is 0 Å². The van der Waals surface area contributed by atoms with Crippen LogP contribution in [0.25, 0.3) is 22.3 Å². The Morgan fingerprint density at radius 3 is 1.08 bits per heavy atom. The highest BCUT2D eigenvalue weighted by Gasteiger charge is 2.10. The molecule has 0 fully saturated rings. The zero-order valence-electron chi connectivity index (χ0n) is 24.0. The fraction of sp³-hybridized carbons (Fsp3) is 0.351. The quantitative estimate of drug-likeness (QED) is 0.162. The molecule has 0 radical (unpaired) electrons. The summed E-state index contributed by atoms with van der Waals surface area (Å²) in [6.45, 7) is 8.80. The minimum absolute atomic E-state index is 0.191. The lowest BCUT2D eigenvalue weighted by Crippen LogP contribution is -1.96. The molecule has 204 valence electrons. The van der Waals surface area contributed by atoms with Crippen LogP contribution in [0.2, 0.25) is 0 Å². The van der Waals surface area contributed by atoms with Crippen molar-refractivity contribution in [1.82, 2.24) is 0 Å². The number of hydrogen-bond donors (Lipinski definition) is 0. The van der Waals surface area contributed by atoms with Crippen LogP contribution in [0.4, 0.5) is 8.78 Å². The van der Waals surface area contributed by atoms with Gasteiger partial charge in [-0.1, -0.05) is 80.6 Å². The van der Waals surface area contributed by atoms with Gasteiger partial charge in [-0.2, -0.15) is 0 Å². The molecule has 0 atom stereocenters. The largest absolute Gasteiger partial charge is 0.207 e. The lowest BCUT2D eigenvalue weighted by Gasteiger charge is -2.14. The molecule has 0 aliphatic carbocycles. The zero-order chi connectivity index (χ0) is 27.8. The number of halogens is 2. The van der Waals surface area contributed by atoms with Gasteiger partial charge in [0.1, 0.15) is 11.6 Å². The maximum Gasteiger partial charge on any atom is 0.123 e. The molecule has 0 nitrogen and oxygen atoms in total. The Labute approximate surface area is 234 Å². The van der Waals surface area contributed by atoms with Crippen LogP contribution < -0.4 is 0 Å². The van der Waals surface area contributed by atoms with Crippen molar-refractivity contribution in [3.63, 3.8) is 0 Å². The van der Waals surface area contributed by atoms with Gasteiger partial charge in [-0.15, -0.1) is 0 Å². The van der Waals surface area contributed by atoms with E-state index in [2.05, 4.69) is 52.0 Å². The van der Waals surface area contributed by atoms with Gasteiger partial charge < -0.3 is 0 Å². The Balaban J connectivity index is 1.15. The molecule has 0 amide bonds. The van der Waals surface area contributed by atoms with Crippen LogP contribution in [-0.2, 0) is 12.8 Å². The van der Waals surface area contributed by atoms with Gasteiger partial charge in [-0.3, -0.25) is 0 Å². The molecule has 0 aromatic heterocycles. The van der Waals surface area contributed by atoms with Crippen LogP contribution in [0, 0.1) is 39.3 Å². The average Bonchev–Trinajstić information content (AvgIpc) is 2.93. The van der Waals surface area contributed by atoms with Gasteiger partial charge in [0.05, 0.1) is 0 Å². The molecule has 39 heavy (non-hydrogen) atoms. The van der Waals surface area contributed by atoms with Gasteiger partial charge in [0.15, 0.2) is 0 Å². The first-order valence-electron chi connectivity index (χ1n) is 14.5. The van der Waals surface area contributed by atoms with Gasteiger partial charge in [-0.05, 0) is 133 Å². The molecule has 0 saturated heterocycles. The molecule has 4 aromatic rings. The number of aryl methyl sites for hydroxylation is 2. The van der Waals surface area contributed by atoms with E-state index in [1.54, 1.807) is 0 Å². The molecular formula is C37H42F2. The minimum Gasteiger partial charge on any atom is -0.207 e. The van der Waals surface area contributed by atoms with E-state index in [4.69, 9.17) is 0 Å². The average molecular weight is 525 g/mol. The Hall–Kier alpha value is -3.26. The monoisotopic (exact) mass is 524 g/mol. The molecular weight excluding hydrogens is 482 g/mol. The highest BCUT2D eigenvalue weighted by Crippen LogP contribution is 2.30. The molecule has 4 aromatic carbocycles. The third-order valence-electron chi connectivity index (χ3n) is 8.50.